The van der Waals surface area contributed by atoms with Crippen LogP contribution in [0.4, 0.5) is 13.6 Å². The second-order valence-corrected chi connectivity index (χ2v) is 18.4. The molecule has 2 amide bonds. The quantitative estimate of drug-likeness (QED) is 0.331. The predicted octanol–water partition coefficient (Wildman–Crippen LogP) is 9.48. The Morgan fingerprint density at radius 3 is 2.16 bits per heavy atom. The van der Waals surface area contributed by atoms with Crippen LogP contribution in [0, 0.1) is 56.7 Å². The van der Waals surface area contributed by atoms with Crippen LogP contribution in [0.5, 0.6) is 0 Å². The first-order valence-electron chi connectivity index (χ1n) is 18.1. The van der Waals surface area contributed by atoms with Crippen LogP contribution in [0.3, 0.4) is 0 Å². The zero-order valence-corrected chi connectivity index (χ0v) is 28.9. The molecule has 0 aromatic carbocycles. The molecule has 0 bridgehead atoms. The van der Waals surface area contributed by atoms with Gasteiger partial charge in [-0.15, -0.1) is 0 Å². The molecular formula is C38H60F2N2O2. The Morgan fingerprint density at radius 2 is 1.50 bits per heavy atom. The number of nitrogens with one attached hydrogen (secondary N) is 2. The number of rotatable bonds is 4. The normalized spacial score (nSPS) is 44.8. The van der Waals surface area contributed by atoms with Crippen molar-refractivity contribution < 1.29 is 18.4 Å². The van der Waals surface area contributed by atoms with Gasteiger partial charge in [0, 0.05) is 31.8 Å². The zero-order chi connectivity index (χ0) is 32.1. The Balaban J connectivity index is 1.28. The number of halogens is 2. The van der Waals surface area contributed by atoms with Gasteiger partial charge in [0.1, 0.15) is 0 Å². The minimum Gasteiger partial charge on any atom is -0.338 e. The highest BCUT2D eigenvalue weighted by Crippen LogP contribution is 2.76. The minimum atomic E-state index is -2.54. The maximum absolute atomic E-state index is 13.7. The first kappa shape index (κ1) is 32.5. The molecule has 6 aliphatic carbocycles. The number of hydrogen-bond acceptors (Lipinski definition) is 2. The monoisotopic (exact) mass is 614 g/mol. The fourth-order valence-electron chi connectivity index (χ4n) is 12.9. The van der Waals surface area contributed by atoms with Gasteiger partial charge < -0.3 is 10.6 Å². The minimum absolute atomic E-state index is 0.0222. The fraction of sp³-hybridized carbons (Fsp3) is 0.895. The van der Waals surface area contributed by atoms with E-state index in [-0.39, 0.29) is 63.8 Å². The lowest BCUT2D eigenvalue weighted by atomic mass is 9.32. The number of carbonyl (C=O) groups excluding carboxylic acids is 2. The number of urea groups is 1. The standard InChI is InChI=1S/C38H60F2N2O2/c1-23(2)30-26(43)21-34(5)19-20-35(6)25(31(30)34)9-10-28-36(35,7)16-13-27-33(3,4)15-14-29(37(27,28)8)42-32(44)41-22-24-11-17-38(39,40)18-12-24/h23-25,27-29H,9-22H2,1-8H3,(H2,41,42,44)/t25-,27+,28+,29?,34+,35-,36-,37+/m1/s1. The van der Waals surface area contributed by atoms with Crippen molar-refractivity contribution in [1.82, 2.24) is 10.6 Å². The SMILES string of the molecule is CC(C)C1=C2[C@H]3CC[C@@H]4[C@@]5(C)C(NC(=O)NCC6CCC(F)(F)CC6)CCC(C)(C)[C@@H]5CC[C@@]4(C)[C@]3(C)CC[C@@]2(C)CC1=O. The van der Waals surface area contributed by atoms with E-state index in [1.807, 2.05) is 0 Å². The lowest BCUT2D eigenvalue weighted by Gasteiger charge is -2.72. The number of Topliss-reactive ketones (excluding diaryl/α,β-unsaturated/α-hetero) is 1. The van der Waals surface area contributed by atoms with Crippen molar-refractivity contribution in [2.24, 2.45) is 56.7 Å². The molecule has 0 aliphatic heterocycles. The van der Waals surface area contributed by atoms with Crippen LogP contribution < -0.4 is 10.6 Å². The summed E-state index contributed by atoms with van der Waals surface area (Å²) in [6.07, 6.45) is 10.5. The Morgan fingerprint density at radius 1 is 0.818 bits per heavy atom. The van der Waals surface area contributed by atoms with Crippen molar-refractivity contribution in [3.8, 4) is 0 Å². The molecule has 0 heterocycles. The van der Waals surface area contributed by atoms with E-state index in [4.69, 9.17) is 0 Å². The van der Waals surface area contributed by atoms with Crippen LogP contribution >= 0.6 is 0 Å². The molecular weight excluding hydrogens is 554 g/mol. The largest absolute Gasteiger partial charge is 0.338 e. The van der Waals surface area contributed by atoms with Gasteiger partial charge in [0.05, 0.1) is 0 Å². The van der Waals surface area contributed by atoms with Crippen LogP contribution in [0.2, 0.25) is 0 Å². The van der Waals surface area contributed by atoms with Crippen LogP contribution in [-0.2, 0) is 4.79 Å². The zero-order valence-electron chi connectivity index (χ0n) is 28.9. The smallest absolute Gasteiger partial charge is 0.315 e. The third kappa shape index (κ3) is 4.75. The molecule has 6 aliphatic rings. The lowest BCUT2D eigenvalue weighted by Crippen LogP contribution is -2.69. The van der Waals surface area contributed by atoms with Gasteiger partial charge in [-0.25, -0.2) is 13.6 Å². The van der Waals surface area contributed by atoms with Gasteiger partial charge in [-0.1, -0.05) is 61.0 Å². The highest BCUT2D eigenvalue weighted by molar-refractivity contribution is 6.00. The van der Waals surface area contributed by atoms with Crippen LogP contribution in [0.1, 0.15) is 139 Å². The molecule has 4 nitrogen and oxygen atoms in total. The second kappa shape index (κ2) is 10.5. The van der Waals surface area contributed by atoms with Crippen molar-refractivity contribution in [3.63, 3.8) is 0 Å². The molecule has 0 spiro atoms. The van der Waals surface area contributed by atoms with Gasteiger partial charge in [0.2, 0.25) is 5.92 Å². The summed E-state index contributed by atoms with van der Waals surface area (Å²) in [6, 6.07) is -0.0304. The molecule has 5 fully saturated rings. The first-order chi connectivity index (χ1) is 20.4. The van der Waals surface area contributed by atoms with E-state index in [0.717, 1.165) is 37.7 Å². The number of allylic oxidation sites excluding steroid dienone is 2. The third-order valence-corrected chi connectivity index (χ3v) is 15.4. The first-order valence-corrected chi connectivity index (χ1v) is 18.1. The number of fused-ring (bicyclic) bond motifs is 7. The van der Waals surface area contributed by atoms with Crippen molar-refractivity contribution in [3.05, 3.63) is 11.1 Å². The molecule has 1 unspecified atom stereocenters. The summed E-state index contributed by atoms with van der Waals surface area (Å²) in [7, 11) is 0. The van der Waals surface area contributed by atoms with Gasteiger partial charge >= 0.3 is 6.03 Å². The summed E-state index contributed by atoms with van der Waals surface area (Å²) in [5.41, 5.74) is 3.13. The molecule has 6 heteroatoms. The summed E-state index contributed by atoms with van der Waals surface area (Å²) in [5.74, 6) is -0.261. The highest BCUT2D eigenvalue weighted by Gasteiger charge is 2.70. The van der Waals surface area contributed by atoms with Gasteiger partial charge in [-0.05, 0) is 126 Å². The van der Waals surface area contributed by atoms with Crippen LogP contribution in [-0.4, -0.2) is 30.3 Å². The molecule has 6 rings (SSSR count). The maximum atomic E-state index is 13.7. The number of alkyl halides is 2. The van der Waals surface area contributed by atoms with Crippen LogP contribution in [0.25, 0.3) is 0 Å². The van der Waals surface area contributed by atoms with Crippen molar-refractivity contribution in [2.45, 2.75) is 151 Å². The van der Waals surface area contributed by atoms with E-state index >= 15 is 0 Å². The summed E-state index contributed by atoms with van der Waals surface area (Å²) in [6.45, 7) is 19.9. The predicted molar refractivity (Wildman–Crippen MR) is 172 cm³/mol. The third-order valence-electron chi connectivity index (χ3n) is 15.4. The van der Waals surface area contributed by atoms with E-state index in [2.05, 4.69) is 66.0 Å². The van der Waals surface area contributed by atoms with E-state index in [9.17, 15) is 18.4 Å². The number of ketones is 1. The topological polar surface area (TPSA) is 58.2 Å². The molecule has 5 saturated carbocycles. The van der Waals surface area contributed by atoms with Crippen molar-refractivity contribution >= 4 is 11.8 Å². The van der Waals surface area contributed by atoms with Gasteiger partial charge in [0.25, 0.3) is 0 Å². The second-order valence-electron chi connectivity index (χ2n) is 18.4. The Hall–Kier alpha value is -1.46. The van der Waals surface area contributed by atoms with Gasteiger partial charge in [-0.2, -0.15) is 0 Å². The number of carbonyl (C=O) groups is 2. The Labute approximate surface area is 265 Å². The Bertz CT molecular complexity index is 1220. The number of amides is 2. The molecule has 0 aromatic heterocycles. The molecule has 0 radical (unpaired) electrons. The average molecular weight is 615 g/mol. The summed E-state index contributed by atoms with van der Waals surface area (Å²) in [5, 5.41) is 6.62. The molecule has 0 saturated heterocycles. The number of hydrogen-bond donors (Lipinski definition) is 2. The van der Waals surface area contributed by atoms with Crippen LogP contribution in [0.15, 0.2) is 11.1 Å². The average Bonchev–Trinajstić information content (AvgIpc) is 3.20. The van der Waals surface area contributed by atoms with Gasteiger partial charge in [-0.3, -0.25) is 4.79 Å². The molecule has 44 heavy (non-hydrogen) atoms. The molecule has 2 N–H and O–H groups in total. The van der Waals surface area contributed by atoms with E-state index < -0.39 is 5.92 Å². The van der Waals surface area contributed by atoms with E-state index in [0.29, 0.717) is 49.3 Å². The molecule has 8 atom stereocenters. The summed E-state index contributed by atoms with van der Waals surface area (Å²) in [4.78, 5) is 26.9. The maximum Gasteiger partial charge on any atom is 0.315 e. The van der Waals surface area contributed by atoms with Crippen molar-refractivity contribution in [1.29, 1.82) is 0 Å². The van der Waals surface area contributed by atoms with Crippen molar-refractivity contribution in [2.75, 3.05) is 6.54 Å². The van der Waals surface area contributed by atoms with E-state index in [1.165, 1.54) is 24.8 Å². The Kier molecular flexibility index (Phi) is 7.77. The highest BCUT2D eigenvalue weighted by atomic mass is 19.3. The molecule has 248 valence electrons. The summed E-state index contributed by atoms with van der Waals surface area (Å²) >= 11 is 0. The molecule has 0 aromatic rings. The summed E-state index contributed by atoms with van der Waals surface area (Å²) < 4.78 is 27.4. The fourth-order valence-corrected chi connectivity index (χ4v) is 12.9. The lowest BCUT2D eigenvalue weighted by molar-refractivity contribution is -0.219. The van der Waals surface area contributed by atoms with E-state index in [1.54, 1.807) is 0 Å². The van der Waals surface area contributed by atoms with Gasteiger partial charge in [0.15, 0.2) is 5.78 Å².